The lowest BCUT2D eigenvalue weighted by Crippen LogP contribution is -2.25. The molecule has 178 valence electrons. The first-order valence-corrected chi connectivity index (χ1v) is 11.3. The van der Waals surface area contributed by atoms with Gasteiger partial charge in [-0.2, -0.15) is 0 Å². The maximum absolute atomic E-state index is 13.3. The van der Waals surface area contributed by atoms with Crippen molar-refractivity contribution >= 4 is 34.3 Å². The van der Waals surface area contributed by atoms with Crippen molar-refractivity contribution in [1.82, 2.24) is 9.55 Å². The molecular formula is C24H17F2N3O5S. The predicted octanol–water partition coefficient (Wildman–Crippen LogP) is 4.45. The minimum Gasteiger partial charge on any atom is -0.497 e. The van der Waals surface area contributed by atoms with Crippen molar-refractivity contribution in [2.45, 2.75) is 11.5 Å². The van der Waals surface area contributed by atoms with E-state index in [0.717, 1.165) is 11.8 Å². The van der Waals surface area contributed by atoms with E-state index in [4.69, 9.17) is 4.74 Å². The molecule has 0 saturated carbocycles. The van der Waals surface area contributed by atoms with Gasteiger partial charge < -0.3 is 19.5 Å². The molecule has 1 aromatic heterocycles. The van der Waals surface area contributed by atoms with Crippen LogP contribution in [0.15, 0.2) is 76.7 Å². The maximum atomic E-state index is 13.3. The summed E-state index contributed by atoms with van der Waals surface area (Å²) in [6.07, 6.45) is -3.74. The van der Waals surface area contributed by atoms with Crippen LogP contribution in [-0.2, 0) is 4.79 Å². The highest BCUT2D eigenvalue weighted by Gasteiger charge is 2.43. The lowest BCUT2D eigenvalue weighted by molar-refractivity contribution is -0.286. The van der Waals surface area contributed by atoms with Gasteiger partial charge >= 0.3 is 6.29 Å². The molecular weight excluding hydrogens is 480 g/mol. The number of ether oxygens (including phenoxy) is 3. The van der Waals surface area contributed by atoms with E-state index in [-0.39, 0.29) is 28.5 Å². The van der Waals surface area contributed by atoms with Gasteiger partial charge in [-0.1, -0.05) is 30.0 Å². The van der Waals surface area contributed by atoms with Crippen LogP contribution in [0.4, 0.5) is 14.5 Å². The number of nitrogens with one attached hydrogen (secondary N) is 1. The van der Waals surface area contributed by atoms with Crippen molar-refractivity contribution < 1.29 is 27.8 Å². The summed E-state index contributed by atoms with van der Waals surface area (Å²) in [7, 11) is 1.53. The Hall–Kier alpha value is -4.12. The molecule has 1 N–H and O–H groups in total. The van der Waals surface area contributed by atoms with Crippen LogP contribution in [0.1, 0.15) is 0 Å². The predicted molar refractivity (Wildman–Crippen MR) is 126 cm³/mol. The second kappa shape index (κ2) is 8.91. The normalized spacial score (nSPS) is 13.6. The summed E-state index contributed by atoms with van der Waals surface area (Å²) >= 11 is 1.06. The van der Waals surface area contributed by atoms with E-state index in [1.54, 1.807) is 48.5 Å². The molecule has 1 aliphatic rings. The fraction of sp³-hybridized carbons (Fsp3) is 0.125. The van der Waals surface area contributed by atoms with E-state index in [1.165, 1.54) is 29.9 Å². The van der Waals surface area contributed by atoms with Crippen LogP contribution in [0.3, 0.4) is 0 Å². The van der Waals surface area contributed by atoms with Crippen molar-refractivity contribution in [2.75, 3.05) is 18.2 Å². The number of hydrogen-bond acceptors (Lipinski definition) is 7. The zero-order valence-corrected chi connectivity index (χ0v) is 19.0. The summed E-state index contributed by atoms with van der Waals surface area (Å²) in [5.41, 5.74) is 0.999. The molecule has 35 heavy (non-hydrogen) atoms. The molecule has 0 saturated heterocycles. The van der Waals surface area contributed by atoms with Gasteiger partial charge in [-0.05, 0) is 36.4 Å². The Kier molecular flexibility index (Phi) is 5.77. The number of halogens is 2. The van der Waals surface area contributed by atoms with E-state index in [2.05, 4.69) is 19.8 Å². The number of fused-ring (bicyclic) bond motifs is 2. The fourth-order valence-electron chi connectivity index (χ4n) is 3.54. The quantitative estimate of drug-likeness (QED) is 0.311. The Morgan fingerprint density at radius 2 is 1.89 bits per heavy atom. The number of aromatic nitrogens is 2. The third kappa shape index (κ3) is 4.62. The summed E-state index contributed by atoms with van der Waals surface area (Å²) in [5, 5.41) is 3.36. The first-order valence-electron chi connectivity index (χ1n) is 10.3. The highest BCUT2D eigenvalue weighted by molar-refractivity contribution is 7.99. The van der Waals surface area contributed by atoms with E-state index < -0.39 is 12.2 Å². The Morgan fingerprint density at radius 3 is 2.71 bits per heavy atom. The van der Waals surface area contributed by atoms with Crippen molar-refractivity contribution in [3.63, 3.8) is 0 Å². The monoisotopic (exact) mass is 497 g/mol. The Labute approximate surface area is 201 Å². The standard InChI is InChI=1S/C24H17F2N3O5S/c1-32-16-6-4-5-15(12-16)29-22(31)17-7-2-3-8-18(17)28-23(29)35-13-21(30)27-14-9-10-19-20(11-14)34-24(25,26)33-19/h2-12H,13H2,1H3,(H,27,30). The van der Waals surface area contributed by atoms with Crippen LogP contribution in [0, 0.1) is 0 Å². The summed E-state index contributed by atoms with van der Waals surface area (Å²) in [4.78, 5) is 30.5. The van der Waals surface area contributed by atoms with Gasteiger partial charge in [-0.15, -0.1) is 8.78 Å². The molecule has 0 spiro atoms. The topological polar surface area (TPSA) is 91.7 Å². The number of para-hydroxylation sites is 1. The van der Waals surface area contributed by atoms with Crippen molar-refractivity contribution in [3.8, 4) is 22.9 Å². The number of thioether (sulfide) groups is 1. The van der Waals surface area contributed by atoms with Gasteiger partial charge in [-0.25, -0.2) is 4.98 Å². The van der Waals surface area contributed by atoms with Crippen LogP contribution in [-0.4, -0.2) is 34.6 Å². The van der Waals surface area contributed by atoms with Gasteiger partial charge in [-0.3, -0.25) is 14.2 Å². The van der Waals surface area contributed by atoms with Gasteiger partial charge in [0.15, 0.2) is 16.7 Å². The number of benzene rings is 3. The van der Waals surface area contributed by atoms with Crippen molar-refractivity contribution in [1.29, 1.82) is 0 Å². The average molecular weight is 497 g/mol. The Bertz CT molecular complexity index is 1510. The van der Waals surface area contributed by atoms with Crippen molar-refractivity contribution in [3.05, 3.63) is 77.1 Å². The molecule has 0 bridgehead atoms. The molecule has 1 amide bonds. The smallest absolute Gasteiger partial charge is 0.497 e. The molecule has 0 radical (unpaired) electrons. The van der Waals surface area contributed by atoms with Crippen LogP contribution < -0.4 is 25.1 Å². The van der Waals surface area contributed by atoms with Gasteiger partial charge in [0.1, 0.15) is 5.75 Å². The number of hydrogen-bond donors (Lipinski definition) is 1. The molecule has 5 rings (SSSR count). The van der Waals surface area contributed by atoms with Gasteiger partial charge in [0.2, 0.25) is 5.91 Å². The zero-order chi connectivity index (χ0) is 24.6. The van der Waals surface area contributed by atoms with Crippen LogP contribution in [0.5, 0.6) is 17.2 Å². The van der Waals surface area contributed by atoms with Gasteiger partial charge in [0.05, 0.1) is 29.5 Å². The molecule has 3 aromatic carbocycles. The maximum Gasteiger partial charge on any atom is 0.586 e. The molecule has 0 atom stereocenters. The number of anilines is 1. The second-order valence-corrected chi connectivity index (χ2v) is 8.36. The van der Waals surface area contributed by atoms with Crippen LogP contribution in [0.2, 0.25) is 0 Å². The SMILES string of the molecule is COc1cccc(-n2c(SCC(=O)Nc3ccc4c(c3)OC(F)(F)O4)nc3ccccc3c2=O)c1. The van der Waals surface area contributed by atoms with Crippen LogP contribution in [0.25, 0.3) is 16.6 Å². The van der Waals surface area contributed by atoms with E-state index in [1.807, 2.05) is 0 Å². The largest absolute Gasteiger partial charge is 0.586 e. The molecule has 0 aliphatic carbocycles. The molecule has 0 fully saturated rings. The number of nitrogens with zero attached hydrogens (tertiary/aromatic N) is 2. The summed E-state index contributed by atoms with van der Waals surface area (Å²) in [6, 6.07) is 17.8. The van der Waals surface area contributed by atoms with E-state index in [0.29, 0.717) is 27.5 Å². The summed E-state index contributed by atoms with van der Waals surface area (Å²) < 4.78 is 41.9. The minimum absolute atomic E-state index is 0.0979. The molecule has 0 unspecified atom stereocenters. The van der Waals surface area contributed by atoms with Gasteiger partial charge in [0.25, 0.3) is 5.56 Å². The molecule has 11 heteroatoms. The second-order valence-electron chi connectivity index (χ2n) is 7.42. The number of carbonyl (C=O) groups excluding carboxylic acids is 1. The molecule has 2 heterocycles. The minimum atomic E-state index is -3.74. The van der Waals surface area contributed by atoms with E-state index >= 15 is 0 Å². The first-order chi connectivity index (χ1) is 16.8. The highest BCUT2D eigenvalue weighted by Crippen LogP contribution is 2.42. The summed E-state index contributed by atoms with van der Waals surface area (Å²) in [6.45, 7) is 0. The number of alkyl halides is 2. The molecule has 4 aromatic rings. The Morgan fingerprint density at radius 1 is 1.09 bits per heavy atom. The zero-order valence-electron chi connectivity index (χ0n) is 18.2. The van der Waals surface area contributed by atoms with Crippen molar-refractivity contribution in [2.24, 2.45) is 0 Å². The van der Waals surface area contributed by atoms with Gasteiger partial charge in [0, 0.05) is 17.8 Å². The third-order valence-electron chi connectivity index (χ3n) is 5.07. The lowest BCUT2D eigenvalue weighted by atomic mass is 10.2. The summed E-state index contributed by atoms with van der Waals surface area (Å²) in [5.74, 6) is -0.266. The average Bonchev–Trinajstić information content (AvgIpc) is 3.16. The highest BCUT2D eigenvalue weighted by atomic mass is 32.2. The number of carbonyl (C=O) groups is 1. The third-order valence-corrected chi connectivity index (χ3v) is 6.01. The number of rotatable bonds is 6. The molecule has 1 aliphatic heterocycles. The first kappa shape index (κ1) is 22.7. The Balaban J connectivity index is 1.41. The molecule has 8 nitrogen and oxygen atoms in total. The number of amides is 1. The van der Waals surface area contributed by atoms with E-state index in [9.17, 15) is 18.4 Å². The number of methoxy groups -OCH3 is 1. The lowest BCUT2D eigenvalue weighted by Gasteiger charge is -2.14. The fourth-order valence-corrected chi connectivity index (χ4v) is 4.35. The van der Waals surface area contributed by atoms with Crippen LogP contribution >= 0.6 is 11.8 Å².